The molecule has 1 aromatic carbocycles. The molecular formula is C18H25N3O3. The van der Waals surface area contributed by atoms with Crippen molar-refractivity contribution in [3.8, 4) is 0 Å². The number of hydrogen-bond donors (Lipinski definition) is 3. The highest BCUT2D eigenvalue weighted by Gasteiger charge is 2.21. The summed E-state index contributed by atoms with van der Waals surface area (Å²) in [6.07, 6.45) is 5.98. The number of rotatable bonds is 6. The molecule has 1 fully saturated rings. The zero-order valence-corrected chi connectivity index (χ0v) is 14.1. The van der Waals surface area contributed by atoms with Crippen LogP contribution in [0.2, 0.25) is 0 Å². The summed E-state index contributed by atoms with van der Waals surface area (Å²) in [4.78, 5) is 36.2. The van der Waals surface area contributed by atoms with Crippen LogP contribution >= 0.6 is 0 Å². The fourth-order valence-corrected chi connectivity index (χ4v) is 2.76. The number of unbranched alkanes of at least 4 members (excludes halogenated alkanes) is 1. The molecule has 130 valence electrons. The monoisotopic (exact) mass is 331 g/mol. The van der Waals surface area contributed by atoms with Gasteiger partial charge in [0.25, 0.3) is 5.91 Å². The lowest BCUT2D eigenvalue weighted by Gasteiger charge is -2.15. The van der Waals surface area contributed by atoms with E-state index >= 15 is 0 Å². The summed E-state index contributed by atoms with van der Waals surface area (Å²) in [5.74, 6) is -1.66. The molecule has 0 spiro atoms. The number of benzene rings is 1. The lowest BCUT2D eigenvalue weighted by molar-refractivity contribution is -0.136. The molecule has 6 heteroatoms. The topological polar surface area (TPSA) is 87.3 Å². The molecule has 0 unspecified atom stereocenters. The molecule has 1 aliphatic rings. The van der Waals surface area contributed by atoms with Gasteiger partial charge < -0.3 is 16.0 Å². The second-order valence-corrected chi connectivity index (χ2v) is 6.06. The minimum atomic E-state index is -0.757. The zero-order chi connectivity index (χ0) is 17.4. The van der Waals surface area contributed by atoms with Gasteiger partial charge in [0.05, 0.1) is 11.3 Å². The van der Waals surface area contributed by atoms with Gasteiger partial charge in [0.15, 0.2) is 0 Å². The van der Waals surface area contributed by atoms with Crippen molar-refractivity contribution < 1.29 is 14.4 Å². The first-order valence-corrected chi connectivity index (χ1v) is 8.61. The standard InChI is InChI=1S/C18H25N3O3/c1-2-3-12-19-17(23)18(24)21-15-11-7-6-10-14(15)16(22)20-13-8-4-5-9-13/h6-7,10-11,13H,2-5,8-9,12H2,1H3,(H,19,23)(H,20,22)(H,21,24). The Kier molecular flexibility index (Phi) is 6.78. The van der Waals surface area contributed by atoms with Crippen LogP contribution in [0.5, 0.6) is 0 Å². The van der Waals surface area contributed by atoms with E-state index in [1.807, 2.05) is 6.92 Å². The maximum absolute atomic E-state index is 12.4. The molecular weight excluding hydrogens is 306 g/mol. The van der Waals surface area contributed by atoms with Crippen LogP contribution in [0.3, 0.4) is 0 Å². The van der Waals surface area contributed by atoms with Gasteiger partial charge in [0.2, 0.25) is 0 Å². The Labute approximate surface area is 142 Å². The van der Waals surface area contributed by atoms with Crippen molar-refractivity contribution in [2.45, 2.75) is 51.5 Å². The fraction of sp³-hybridized carbons (Fsp3) is 0.500. The summed E-state index contributed by atoms with van der Waals surface area (Å²) in [6.45, 7) is 2.47. The van der Waals surface area contributed by atoms with Crippen molar-refractivity contribution >= 4 is 23.4 Å². The van der Waals surface area contributed by atoms with E-state index in [1.54, 1.807) is 24.3 Å². The van der Waals surface area contributed by atoms with Crippen molar-refractivity contribution in [1.29, 1.82) is 0 Å². The Morgan fingerprint density at radius 2 is 1.79 bits per heavy atom. The van der Waals surface area contributed by atoms with E-state index in [9.17, 15) is 14.4 Å². The van der Waals surface area contributed by atoms with Gasteiger partial charge in [0.1, 0.15) is 0 Å². The SMILES string of the molecule is CCCCNC(=O)C(=O)Nc1ccccc1C(=O)NC1CCCC1. The lowest BCUT2D eigenvalue weighted by atomic mass is 10.1. The van der Waals surface area contributed by atoms with Gasteiger partial charge in [0, 0.05) is 12.6 Å². The molecule has 0 saturated heterocycles. The van der Waals surface area contributed by atoms with Gasteiger partial charge in [-0.3, -0.25) is 14.4 Å². The average molecular weight is 331 g/mol. The van der Waals surface area contributed by atoms with Crippen molar-refractivity contribution in [3.05, 3.63) is 29.8 Å². The van der Waals surface area contributed by atoms with Crippen molar-refractivity contribution in [3.63, 3.8) is 0 Å². The summed E-state index contributed by atoms with van der Waals surface area (Å²) in [6, 6.07) is 6.92. The first kappa shape index (κ1) is 18.0. The summed E-state index contributed by atoms with van der Waals surface area (Å²) < 4.78 is 0. The molecule has 0 aromatic heterocycles. The van der Waals surface area contributed by atoms with E-state index in [-0.39, 0.29) is 11.9 Å². The van der Waals surface area contributed by atoms with Gasteiger partial charge in [-0.15, -0.1) is 0 Å². The molecule has 3 N–H and O–H groups in total. The number of amides is 3. The Morgan fingerprint density at radius 3 is 2.50 bits per heavy atom. The third-order valence-corrected chi connectivity index (χ3v) is 4.13. The second kappa shape index (κ2) is 9.05. The number of anilines is 1. The average Bonchev–Trinajstić information content (AvgIpc) is 3.08. The largest absolute Gasteiger partial charge is 0.349 e. The molecule has 1 aromatic rings. The van der Waals surface area contributed by atoms with E-state index in [2.05, 4.69) is 16.0 Å². The zero-order valence-electron chi connectivity index (χ0n) is 14.1. The molecule has 24 heavy (non-hydrogen) atoms. The van der Waals surface area contributed by atoms with Crippen molar-refractivity contribution in [2.75, 3.05) is 11.9 Å². The summed E-state index contributed by atoms with van der Waals surface area (Å²) in [7, 11) is 0. The summed E-state index contributed by atoms with van der Waals surface area (Å²) in [5, 5.41) is 8.08. The van der Waals surface area contributed by atoms with Crippen LogP contribution < -0.4 is 16.0 Å². The molecule has 0 atom stereocenters. The predicted octanol–water partition coefficient (Wildman–Crippen LogP) is 2.21. The van der Waals surface area contributed by atoms with Gasteiger partial charge in [-0.2, -0.15) is 0 Å². The maximum Gasteiger partial charge on any atom is 0.313 e. The molecule has 0 heterocycles. The Balaban J connectivity index is 1.98. The van der Waals surface area contributed by atoms with Crippen molar-refractivity contribution in [2.24, 2.45) is 0 Å². The Morgan fingerprint density at radius 1 is 1.08 bits per heavy atom. The van der Waals surface area contributed by atoms with Crippen LogP contribution in [0.4, 0.5) is 5.69 Å². The van der Waals surface area contributed by atoms with Gasteiger partial charge in [-0.1, -0.05) is 38.3 Å². The molecule has 1 saturated carbocycles. The minimum absolute atomic E-state index is 0.193. The lowest BCUT2D eigenvalue weighted by Crippen LogP contribution is -2.37. The molecule has 1 aliphatic carbocycles. The fourth-order valence-electron chi connectivity index (χ4n) is 2.76. The third kappa shape index (κ3) is 5.08. The summed E-state index contributed by atoms with van der Waals surface area (Å²) >= 11 is 0. The number of carbonyl (C=O) groups is 3. The molecule has 0 aliphatic heterocycles. The van der Waals surface area contributed by atoms with Crippen LogP contribution in [0.15, 0.2) is 24.3 Å². The van der Waals surface area contributed by atoms with Crippen LogP contribution in [0, 0.1) is 0 Å². The second-order valence-electron chi connectivity index (χ2n) is 6.06. The first-order chi connectivity index (χ1) is 11.6. The molecule has 3 amide bonds. The van der Waals surface area contributed by atoms with Gasteiger partial charge in [-0.05, 0) is 31.4 Å². The van der Waals surface area contributed by atoms with Crippen LogP contribution in [0.25, 0.3) is 0 Å². The van der Waals surface area contributed by atoms with Crippen LogP contribution in [-0.2, 0) is 9.59 Å². The van der Waals surface area contributed by atoms with E-state index < -0.39 is 11.8 Å². The molecule has 6 nitrogen and oxygen atoms in total. The van der Waals surface area contributed by atoms with E-state index in [0.29, 0.717) is 17.8 Å². The highest BCUT2D eigenvalue weighted by molar-refractivity contribution is 6.40. The number of para-hydroxylation sites is 1. The van der Waals surface area contributed by atoms with Crippen molar-refractivity contribution in [1.82, 2.24) is 10.6 Å². The normalized spacial score (nSPS) is 14.2. The number of nitrogens with one attached hydrogen (secondary N) is 3. The predicted molar refractivity (Wildman–Crippen MR) is 92.7 cm³/mol. The Hall–Kier alpha value is -2.37. The van der Waals surface area contributed by atoms with Crippen LogP contribution in [0.1, 0.15) is 55.8 Å². The Bertz CT molecular complexity index is 595. The smallest absolute Gasteiger partial charge is 0.313 e. The number of hydrogen-bond acceptors (Lipinski definition) is 3. The third-order valence-electron chi connectivity index (χ3n) is 4.13. The van der Waals surface area contributed by atoms with Gasteiger partial charge >= 0.3 is 11.8 Å². The minimum Gasteiger partial charge on any atom is -0.349 e. The van der Waals surface area contributed by atoms with Gasteiger partial charge in [-0.25, -0.2) is 0 Å². The van der Waals surface area contributed by atoms with E-state index in [1.165, 1.54) is 0 Å². The molecule has 0 bridgehead atoms. The highest BCUT2D eigenvalue weighted by atomic mass is 16.2. The number of carbonyl (C=O) groups excluding carboxylic acids is 3. The molecule has 2 rings (SSSR count). The quantitative estimate of drug-likeness (QED) is 0.552. The van der Waals surface area contributed by atoms with E-state index in [0.717, 1.165) is 38.5 Å². The maximum atomic E-state index is 12.4. The van der Waals surface area contributed by atoms with E-state index in [4.69, 9.17) is 0 Å². The first-order valence-electron chi connectivity index (χ1n) is 8.61. The summed E-state index contributed by atoms with van der Waals surface area (Å²) in [5.41, 5.74) is 0.725. The highest BCUT2D eigenvalue weighted by Crippen LogP contribution is 2.20. The van der Waals surface area contributed by atoms with Crippen LogP contribution in [-0.4, -0.2) is 30.3 Å². The molecule has 0 radical (unpaired) electrons.